The third-order valence-electron chi connectivity index (χ3n) is 6.71. The zero-order chi connectivity index (χ0) is 27.2. The van der Waals surface area contributed by atoms with Crippen LogP contribution in [-0.4, -0.2) is 57.4 Å². The first-order chi connectivity index (χ1) is 18.3. The molecule has 0 saturated heterocycles. The van der Waals surface area contributed by atoms with Crippen LogP contribution in [0.4, 0.5) is 11.4 Å². The van der Waals surface area contributed by atoms with E-state index in [1.54, 1.807) is 18.2 Å². The summed E-state index contributed by atoms with van der Waals surface area (Å²) in [4.78, 5) is 41.1. The van der Waals surface area contributed by atoms with E-state index in [0.29, 0.717) is 36.3 Å². The normalized spacial score (nSPS) is 13.1. The first kappa shape index (κ1) is 26.8. The highest BCUT2D eigenvalue weighted by atomic mass is 16.5. The Kier molecular flexibility index (Phi) is 8.38. The molecule has 4 rings (SSSR count). The second-order valence-corrected chi connectivity index (χ2v) is 9.61. The van der Waals surface area contributed by atoms with Gasteiger partial charge in [0.25, 0.3) is 0 Å². The monoisotopic (exact) mass is 511 g/mol. The molecule has 0 bridgehead atoms. The summed E-state index contributed by atoms with van der Waals surface area (Å²) in [5, 5.41) is 3.48. The number of anilines is 2. The molecule has 0 atom stereocenters. The van der Waals surface area contributed by atoms with Crippen molar-refractivity contribution in [1.82, 2.24) is 4.90 Å². The van der Waals surface area contributed by atoms with Gasteiger partial charge in [-0.25, -0.2) is 4.79 Å². The van der Waals surface area contributed by atoms with Gasteiger partial charge in [0, 0.05) is 36.5 Å². The highest BCUT2D eigenvalue weighted by Gasteiger charge is 2.25. The largest absolute Gasteiger partial charge is 0.465 e. The predicted molar refractivity (Wildman–Crippen MR) is 151 cm³/mol. The van der Waals surface area contributed by atoms with Gasteiger partial charge in [-0.05, 0) is 80.0 Å². The van der Waals surface area contributed by atoms with Gasteiger partial charge in [-0.2, -0.15) is 0 Å². The predicted octanol–water partition coefficient (Wildman–Crippen LogP) is 4.80. The number of aldehydes is 1. The third-order valence-corrected chi connectivity index (χ3v) is 6.71. The Morgan fingerprint density at radius 1 is 1.03 bits per heavy atom. The van der Waals surface area contributed by atoms with Gasteiger partial charge in [0.05, 0.1) is 18.4 Å². The van der Waals surface area contributed by atoms with Crippen LogP contribution < -0.4 is 10.2 Å². The number of hydrogen-bond donors (Lipinski definition) is 1. The number of amides is 1. The maximum absolute atomic E-state index is 12.8. The summed E-state index contributed by atoms with van der Waals surface area (Å²) in [7, 11) is 5.27. The molecule has 1 N–H and O–H groups in total. The highest BCUT2D eigenvalue weighted by molar-refractivity contribution is 6.19. The Labute approximate surface area is 223 Å². The number of nitrogens with zero attached hydrogens (tertiary/aromatic N) is 2. The van der Waals surface area contributed by atoms with Crippen LogP contribution in [0.1, 0.15) is 39.0 Å². The lowest BCUT2D eigenvalue weighted by atomic mass is 9.95. The van der Waals surface area contributed by atoms with Crippen LogP contribution in [0.3, 0.4) is 0 Å². The highest BCUT2D eigenvalue weighted by Crippen LogP contribution is 2.34. The number of rotatable bonds is 9. The lowest BCUT2D eigenvalue weighted by Crippen LogP contribution is -2.31. The van der Waals surface area contributed by atoms with Crippen molar-refractivity contribution in [3.63, 3.8) is 0 Å². The molecule has 38 heavy (non-hydrogen) atoms. The van der Waals surface area contributed by atoms with Crippen LogP contribution in [0.25, 0.3) is 11.3 Å². The molecule has 0 saturated carbocycles. The summed E-state index contributed by atoms with van der Waals surface area (Å²) in [6.45, 7) is 3.24. The number of aryl methyl sites for hydroxylation is 1. The van der Waals surface area contributed by atoms with Crippen molar-refractivity contribution in [2.75, 3.05) is 44.5 Å². The molecule has 1 heterocycles. The maximum atomic E-state index is 12.8. The van der Waals surface area contributed by atoms with Crippen LogP contribution in [-0.2, 0) is 20.7 Å². The van der Waals surface area contributed by atoms with Gasteiger partial charge in [-0.1, -0.05) is 36.4 Å². The van der Waals surface area contributed by atoms with Crippen molar-refractivity contribution < 1.29 is 19.1 Å². The summed E-state index contributed by atoms with van der Waals surface area (Å²) >= 11 is 0. The first-order valence-corrected chi connectivity index (χ1v) is 12.6. The molecule has 1 amide bonds. The van der Waals surface area contributed by atoms with E-state index in [2.05, 4.69) is 5.32 Å². The molecule has 0 aliphatic carbocycles. The molecule has 1 aliphatic rings. The van der Waals surface area contributed by atoms with Gasteiger partial charge in [0.15, 0.2) is 6.29 Å². The number of benzene rings is 3. The van der Waals surface area contributed by atoms with E-state index in [-0.39, 0.29) is 5.91 Å². The number of fused-ring (bicyclic) bond motifs is 1. The van der Waals surface area contributed by atoms with E-state index in [0.717, 1.165) is 46.3 Å². The maximum Gasteiger partial charge on any atom is 0.337 e. The van der Waals surface area contributed by atoms with Crippen molar-refractivity contribution in [2.24, 2.45) is 0 Å². The quantitative estimate of drug-likeness (QED) is 0.192. The van der Waals surface area contributed by atoms with Crippen LogP contribution in [0.15, 0.2) is 66.7 Å². The third kappa shape index (κ3) is 5.84. The minimum Gasteiger partial charge on any atom is -0.465 e. The Balaban J connectivity index is 1.70. The number of carbonyl (C=O) groups excluding carboxylic acids is 3. The Morgan fingerprint density at radius 2 is 1.79 bits per heavy atom. The molecule has 7 heteroatoms. The van der Waals surface area contributed by atoms with Crippen molar-refractivity contribution in [2.45, 2.75) is 19.8 Å². The second kappa shape index (κ2) is 11.9. The van der Waals surface area contributed by atoms with Gasteiger partial charge < -0.3 is 19.9 Å². The minimum absolute atomic E-state index is 0.122. The van der Waals surface area contributed by atoms with Crippen LogP contribution >= 0.6 is 0 Å². The van der Waals surface area contributed by atoms with Crippen LogP contribution in [0.5, 0.6) is 0 Å². The summed E-state index contributed by atoms with van der Waals surface area (Å²) in [5.41, 5.74) is 6.78. The molecule has 0 fully saturated rings. The summed E-state index contributed by atoms with van der Waals surface area (Å²) in [6.07, 6.45) is 2.09. The first-order valence-electron chi connectivity index (χ1n) is 12.6. The number of esters is 1. The Hall–Kier alpha value is -4.23. The number of carbonyl (C=O) groups is 3. The van der Waals surface area contributed by atoms with Crippen LogP contribution in [0.2, 0.25) is 0 Å². The van der Waals surface area contributed by atoms with E-state index in [9.17, 15) is 14.4 Å². The zero-order valence-corrected chi connectivity index (χ0v) is 22.3. The van der Waals surface area contributed by atoms with E-state index < -0.39 is 5.97 Å². The summed E-state index contributed by atoms with van der Waals surface area (Å²) < 4.78 is 4.84. The molecule has 3 aromatic carbocycles. The fraction of sp³-hybridized carbons (Fsp3) is 0.258. The lowest BCUT2D eigenvalue weighted by molar-refractivity contribution is -0.118. The molecule has 7 nitrogen and oxygen atoms in total. The molecule has 1 aliphatic heterocycles. The summed E-state index contributed by atoms with van der Waals surface area (Å²) in [6, 6.07) is 20.8. The van der Waals surface area contributed by atoms with E-state index >= 15 is 0 Å². The van der Waals surface area contributed by atoms with Gasteiger partial charge in [0.2, 0.25) is 5.91 Å². The van der Waals surface area contributed by atoms with Crippen molar-refractivity contribution >= 4 is 40.8 Å². The van der Waals surface area contributed by atoms with Gasteiger partial charge in [0.1, 0.15) is 0 Å². The Bertz CT molecular complexity index is 1380. The minimum atomic E-state index is -0.426. The lowest BCUT2D eigenvalue weighted by Gasteiger charge is -2.20. The number of hydrogen-bond acceptors (Lipinski definition) is 6. The molecular weight excluding hydrogens is 478 g/mol. The van der Waals surface area contributed by atoms with Gasteiger partial charge in [-0.15, -0.1) is 0 Å². The number of methoxy groups -OCH3 is 1. The molecule has 0 radical (unpaired) electrons. The molecule has 196 valence electrons. The fourth-order valence-electron chi connectivity index (χ4n) is 4.70. The second-order valence-electron chi connectivity index (χ2n) is 9.61. The average molecular weight is 512 g/mol. The van der Waals surface area contributed by atoms with E-state index in [1.807, 2.05) is 79.3 Å². The topological polar surface area (TPSA) is 79.0 Å². The fourth-order valence-corrected chi connectivity index (χ4v) is 4.70. The zero-order valence-electron chi connectivity index (χ0n) is 22.3. The molecular formula is C31H33N3O4. The van der Waals surface area contributed by atoms with Crippen molar-refractivity contribution in [3.05, 3.63) is 94.5 Å². The average Bonchev–Trinajstić information content (AvgIpc) is 3.35. The number of allylic oxidation sites excluding steroid dienone is 1. The molecule has 3 aromatic rings. The molecule has 0 spiro atoms. The van der Waals surface area contributed by atoms with Gasteiger partial charge >= 0.3 is 5.97 Å². The van der Waals surface area contributed by atoms with Crippen LogP contribution in [0, 0.1) is 6.92 Å². The SMILES string of the molecule is COC(=O)c1ccc(/C(C=O)=C(/Nc2ccc3c(c2)CCN3C(=O)CCN(C)C)c2ccccc2)c(C)c1. The molecule has 0 aromatic heterocycles. The molecule has 0 unspecified atom stereocenters. The van der Waals surface area contributed by atoms with Gasteiger partial charge in [-0.3, -0.25) is 9.59 Å². The summed E-state index contributed by atoms with van der Waals surface area (Å²) in [5.74, 6) is -0.304. The number of nitrogens with one attached hydrogen (secondary N) is 1. The van der Waals surface area contributed by atoms with E-state index in [1.165, 1.54) is 7.11 Å². The smallest absolute Gasteiger partial charge is 0.337 e. The van der Waals surface area contributed by atoms with Crippen molar-refractivity contribution in [3.8, 4) is 0 Å². The van der Waals surface area contributed by atoms with E-state index in [4.69, 9.17) is 4.74 Å². The van der Waals surface area contributed by atoms with Crippen molar-refractivity contribution in [1.29, 1.82) is 0 Å². The Morgan fingerprint density at radius 3 is 2.45 bits per heavy atom. The number of ether oxygens (including phenoxy) is 1. The standard InChI is InChI=1S/C31H33N3O4/c1-21-18-24(31(37)38-4)10-12-26(21)27(20-35)30(22-8-6-5-7-9-22)32-25-11-13-28-23(19-25)14-17-34(28)29(36)15-16-33(2)3/h5-13,18-20,32H,14-17H2,1-4H3/b30-27+.